The Bertz CT molecular complexity index is 747. The molecule has 0 bridgehead atoms. The van der Waals surface area contributed by atoms with Gasteiger partial charge in [0.1, 0.15) is 11.2 Å². The van der Waals surface area contributed by atoms with E-state index >= 15 is 0 Å². The van der Waals surface area contributed by atoms with Crippen LogP contribution >= 0.6 is 0 Å². The number of nitrogens with zero attached hydrogens (tertiary/aromatic N) is 3. The third kappa shape index (κ3) is 3.83. The van der Waals surface area contributed by atoms with Crippen molar-refractivity contribution in [3.05, 3.63) is 46.9 Å². The lowest BCUT2D eigenvalue weighted by Gasteiger charge is -2.17. The SMILES string of the molecule is Cc1noc(C)c1CCC(=O)n1ccccc1=NC1CCCCC1. The Labute approximate surface area is 142 Å². The smallest absolute Gasteiger partial charge is 0.232 e. The lowest BCUT2D eigenvalue weighted by Crippen LogP contribution is -2.29. The van der Waals surface area contributed by atoms with Crippen molar-refractivity contribution in [2.24, 2.45) is 4.99 Å². The van der Waals surface area contributed by atoms with Crippen molar-refractivity contribution in [2.45, 2.75) is 64.8 Å². The molecule has 24 heavy (non-hydrogen) atoms. The van der Waals surface area contributed by atoms with Crippen LogP contribution in [0.15, 0.2) is 33.9 Å². The maximum absolute atomic E-state index is 12.7. The molecule has 128 valence electrons. The summed E-state index contributed by atoms with van der Waals surface area (Å²) in [7, 11) is 0. The largest absolute Gasteiger partial charge is 0.361 e. The van der Waals surface area contributed by atoms with Gasteiger partial charge in [0.15, 0.2) is 0 Å². The van der Waals surface area contributed by atoms with Crippen LogP contribution in [0, 0.1) is 13.8 Å². The summed E-state index contributed by atoms with van der Waals surface area (Å²) >= 11 is 0. The van der Waals surface area contributed by atoms with Crippen molar-refractivity contribution in [2.75, 3.05) is 0 Å². The highest BCUT2D eigenvalue weighted by Gasteiger charge is 2.14. The molecule has 1 aliphatic rings. The minimum absolute atomic E-state index is 0.0603. The van der Waals surface area contributed by atoms with Gasteiger partial charge in [0.25, 0.3) is 0 Å². The predicted octanol–water partition coefficient (Wildman–Crippen LogP) is 3.60. The Balaban J connectivity index is 1.76. The highest BCUT2D eigenvalue weighted by molar-refractivity contribution is 5.78. The number of aromatic nitrogens is 2. The third-order valence-electron chi connectivity index (χ3n) is 4.77. The van der Waals surface area contributed by atoms with E-state index in [1.165, 1.54) is 19.3 Å². The standard InChI is InChI=1S/C19H25N3O2/c1-14-17(15(2)24-21-14)11-12-19(23)22-13-7-6-10-18(22)20-16-8-4-3-5-9-16/h6-7,10,13,16H,3-5,8-9,11-12H2,1-2H3. The monoisotopic (exact) mass is 327 g/mol. The molecule has 2 heterocycles. The maximum Gasteiger partial charge on any atom is 0.232 e. The molecule has 0 aliphatic heterocycles. The second-order valence-corrected chi connectivity index (χ2v) is 6.55. The van der Waals surface area contributed by atoms with Crippen molar-refractivity contribution in [1.29, 1.82) is 0 Å². The van der Waals surface area contributed by atoms with Gasteiger partial charge in [-0.05, 0) is 45.2 Å². The first-order chi connectivity index (χ1) is 11.6. The van der Waals surface area contributed by atoms with Crippen LogP contribution in [0.4, 0.5) is 0 Å². The topological polar surface area (TPSA) is 60.4 Å². The Morgan fingerprint density at radius 2 is 2.08 bits per heavy atom. The molecular weight excluding hydrogens is 302 g/mol. The zero-order valence-electron chi connectivity index (χ0n) is 14.5. The van der Waals surface area contributed by atoms with E-state index in [-0.39, 0.29) is 5.91 Å². The quantitative estimate of drug-likeness (QED) is 0.862. The molecule has 2 aromatic heterocycles. The minimum Gasteiger partial charge on any atom is -0.361 e. The average molecular weight is 327 g/mol. The average Bonchev–Trinajstić information content (AvgIpc) is 2.92. The minimum atomic E-state index is 0.0603. The van der Waals surface area contributed by atoms with Crippen molar-refractivity contribution in [3.63, 3.8) is 0 Å². The molecule has 0 aromatic carbocycles. The number of hydrogen-bond donors (Lipinski definition) is 0. The van der Waals surface area contributed by atoms with E-state index in [0.29, 0.717) is 18.9 Å². The number of hydrogen-bond acceptors (Lipinski definition) is 4. The van der Waals surface area contributed by atoms with Gasteiger partial charge in [-0.1, -0.05) is 30.5 Å². The predicted molar refractivity (Wildman–Crippen MR) is 91.8 cm³/mol. The van der Waals surface area contributed by atoms with Gasteiger partial charge < -0.3 is 4.52 Å². The molecular formula is C19H25N3O2. The fourth-order valence-electron chi connectivity index (χ4n) is 3.36. The number of carbonyl (C=O) groups is 1. The number of aryl methyl sites for hydroxylation is 2. The van der Waals surface area contributed by atoms with Gasteiger partial charge in [-0.15, -0.1) is 0 Å². The normalized spacial score (nSPS) is 16.5. The Morgan fingerprint density at radius 3 is 2.79 bits per heavy atom. The van der Waals surface area contributed by atoms with Gasteiger partial charge in [0, 0.05) is 18.2 Å². The molecule has 1 saturated carbocycles. The fraction of sp³-hybridized carbons (Fsp3) is 0.526. The molecule has 0 unspecified atom stereocenters. The van der Waals surface area contributed by atoms with Gasteiger partial charge in [-0.2, -0.15) is 0 Å². The van der Waals surface area contributed by atoms with Crippen LogP contribution in [0.1, 0.15) is 60.3 Å². The molecule has 0 N–H and O–H groups in total. The summed E-state index contributed by atoms with van der Waals surface area (Å²) in [6.45, 7) is 3.80. The van der Waals surface area contributed by atoms with Crippen LogP contribution < -0.4 is 5.49 Å². The highest BCUT2D eigenvalue weighted by Crippen LogP contribution is 2.19. The van der Waals surface area contributed by atoms with E-state index in [0.717, 1.165) is 35.3 Å². The molecule has 5 nitrogen and oxygen atoms in total. The molecule has 1 fully saturated rings. The molecule has 0 saturated heterocycles. The molecule has 1 aliphatic carbocycles. The van der Waals surface area contributed by atoms with Gasteiger partial charge >= 0.3 is 0 Å². The summed E-state index contributed by atoms with van der Waals surface area (Å²) in [6.07, 6.45) is 8.91. The number of carbonyl (C=O) groups excluding carboxylic acids is 1. The van der Waals surface area contributed by atoms with Crippen LogP contribution in [0.3, 0.4) is 0 Å². The Hall–Kier alpha value is -2.17. The first kappa shape index (κ1) is 16.7. The molecule has 0 radical (unpaired) electrons. The fourth-order valence-corrected chi connectivity index (χ4v) is 3.36. The first-order valence-corrected chi connectivity index (χ1v) is 8.81. The van der Waals surface area contributed by atoms with E-state index in [4.69, 9.17) is 9.52 Å². The second kappa shape index (κ2) is 7.60. The lowest BCUT2D eigenvalue weighted by molar-refractivity contribution is 0.0897. The highest BCUT2D eigenvalue weighted by atomic mass is 16.5. The van der Waals surface area contributed by atoms with Crippen LogP contribution in [0.2, 0.25) is 0 Å². The van der Waals surface area contributed by atoms with Crippen molar-refractivity contribution in [3.8, 4) is 0 Å². The zero-order valence-corrected chi connectivity index (χ0v) is 14.5. The van der Waals surface area contributed by atoms with E-state index in [1.807, 2.05) is 38.2 Å². The van der Waals surface area contributed by atoms with Crippen LogP contribution in [-0.2, 0) is 6.42 Å². The summed E-state index contributed by atoms with van der Waals surface area (Å²) in [4.78, 5) is 17.5. The third-order valence-corrected chi connectivity index (χ3v) is 4.77. The number of pyridine rings is 1. The molecule has 2 aromatic rings. The lowest BCUT2D eigenvalue weighted by atomic mass is 9.96. The molecule has 3 rings (SSSR count). The molecule has 0 spiro atoms. The number of rotatable bonds is 4. The summed E-state index contributed by atoms with van der Waals surface area (Å²) in [6, 6.07) is 6.11. The summed E-state index contributed by atoms with van der Waals surface area (Å²) in [5.41, 5.74) is 2.67. The first-order valence-electron chi connectivity index (χ1n) is 8.81. The summed E-state index contributed by atoms with van der Waals surface area (Å²) in [5, 5.41) is 3.95. The Morgan fingerprint density at radius 1 is 1.29 bits per heavy atom. The summed E-state index contributed by atoms with van der Waals surface area (Å²) < 4.78 is 6.86. The summed E-state index contributed by atoms with van der Waals surface area (Å²) in [5.74, 6) is 0.857. The van der Waals surface area contributed by atoms with Gasteiger partial charge in [-0.25, -0.2) is 0 Å². The molecule has 0 amide bonds. The van der Waals surface area contributed by atoms with Gasteiger partial charge in [-0.3, -0.25) is 14.4 Å². The molecule has 0 atom stereocenters. The van der Waals surface area contributed by atoms with Gasteiger partial charge in [0.2, 0.25) is 5.91 Å². The van der Waals surface area contributed by atoms with Crippen LogP contribution in [0.5, 0.6) is 0 Å². The van der Waals surface area contributed by atoms with E-state index in [1.54, 1.807) is 4.57 Å². The van der Waals surface area contributed by atoms with Crippen molar-refractivity contribution >= 4 is 5.91 Å². The van der Waals surface area contributed by atoms with Crippen LogP contribution in [-0.4, -0.2) is 21.7 Å². The van der Waals surface area contributed by atoms with Gasteiger partial charge in [0.05, 0.1) is 11.7 Å². The van der Waals surface area contributed by atoms with E-state index in [9.17, 15) is 4.79 Å². The van der Waals surface area contributed by atoms with Crippen molar-refractivity contribution < 1.29 is 9.32 Å². The second-order valence-electron chi connectivity index (χ2n) is 6.55. The maximum atomic E-state index is 12.7. The molecule has 5 heteroatoms. The van der Waals surface area contributed by atoms with Crippen molar-refractivity contribution in [1.82, 2.24) is 9.72 Å². The zero-order chi connectivity index (χ0) is 16.9. The van der Waals surface area contributed by atoms with E-state index < -0.39 is 0 Å². The van der Waals surface area contributed by atoms with E-state index in [2.05, 4.69) is 5.16 Å². The Kier molecular flexibility index (Phi) is 5.28. The van der Waals surface area contributed by atoms with Crippen LogP contribution in [0.25, 0.3) is 0 Å².